The maximum atomic E-state index is 5.60. The van der Waals surface area contributed by atoms with E-state index in [2.05, 4.69) is 99.0 Å². The Labute approximate surface area is 241 Å². The summed E-state index contributed by atoms with van der Waals surface area (Å²) in [4.78, 5) is 8.87. The van der Waals surface area contributed by atoms with Gasteiger partial charge in [-0.1, -0.05) is 13.8 Å². The average molecular weight is 547 g/mol. The summed E-state index contributed by atoms with van der Waals surface area (Å²) in [7, 11) is 5.66. The third kappa shape index (κ3) is 5.45. The number of hydrogen-bond donors (Lipinski definition) is 2. The number of H-pyrrole nitrogens is 1. The average Bonchev–Trinajstić information content (AvgIpc) is 3.30. The second kappa shape index (κ2) is 10.9. The molecule has 0 spiro atoms. The fraction of sp³-hybridized carbons (Fsp3) is 0.588. The van der Waals surface area contributed by atoms with Gasteiger partial charge >= 0.3 is 0 Å². The minimum atomic E-state index is 0.218. The predicted octanol–water partition coefficient (Wildman–Crippen LogP) is 7.19. The molecule has 0 saturated carbocycles. The second-order valence-corrected chi connectivity index (χ2v) is 13.6. The van der Waals surface area contributed by atoms with Crippen molar-refractivity contribution in [3.8, 4) is 22.8 Å². The van der Waals surface area contributed by atoms with Crippen molar-refractivity contribution in [2.45, 2.75) is 96.3 Å². The summed E-state index contributed by atoms with van der Waals surface area (Å²) in [5.41, 5.74) is 6.58. The molecule has 2 aliphatic rings. The van der Waals surface area contributed by atoms with E-state index in [1.807, 2.05) is 6.07 Å². The number of likely N-dealkylation sites (tertiary alicyclic amines) is 1. The zero-order valence-corrected chi connectivity index (χ0v) is 26.1. The van der Waals surface area contributed by atoms with Crippen molar-refractivity contribution in [2.75, 3.05) is 39.3 Å². The summed E-state index contributed by atoms with van der Waals surface area (Å²) in [6.07, 6.45) is 4.79. The van der Waals surface area contributed by atoms with Gasteiger partial charge in [0.15, 0.2) is 11.5 Å². The van der Waals surface area contributed by atoms with E-state index in [9.17, 15) is 0 Å². The molecule has 3 heterocycles. The predicted molar refractivity (Wildman–Crippen MR) is 168 cm³/mol. The first-order chi connectivity index (χ1) is 18.9. The minimum absolute atomic E-state index is 0.218. The van der Waals surface area contributed by atoms with E-state index in [0.717, 1.165) is 35.8 Å². The van der Waals surface area contributed by atoms with E-state index in [0.29, 0.717) is 18.0 Å². The van der Waals surface area contributed by atoms with Gasteiger partial charge in [0.2, 0.25) is 0 Å². The highest BCUT2D eigenvalue weighted by Crippen LogP contribution is 2.41. The fourth-order valence-electron chi connectivity index (χ4n) is 7.34. The van der Waals surface area contributed by atoms with Crippen LogP contribution in [0.4, 0.5) is 5.69 Å². The van der Waals surface area contributed by atoms with Gasteiger partial charge in [0.1, 0.15) is 0 Å². The zero-order chi connectivity index (χ0) is 28.8. The van der Waals surface area contributed by atoms with Crippen LogP contribution in [0.2, 0.25) is 0 Å². The van der Waals surface area contributed by atoms with Crippen LogP contribution in [0.25, 0.3) is 22.2 Å². The van der Waals surface area contributed by atoms with Crippen LogP contribution in [0.15, 0.2) is 36.4 Å². The third-order valence-corrected chi connectivity index (χ3v) is 9.71. The van der Waals surface area contributed by atoms with Crippen LogP contribution in [0.5, 0.6) is 11.5 Å². The Balaban J connectivity index is 1.33. The second-order valence-electron chi connectivity index (χ2n) is 13.6. The Kier molecular flexibility index (Phi) is 7.88. The monoisotopic (exact) mass is 546 g/mol. The summed E-state index contributed by atoms with van der Waals surface area (Å²) in [6.45, 7) is 16.3. The Morgan fingerprint density at radius 1 is 0.875 bits per heavy atom. The van der Waals surface area contributed by atoms with Crippen molar-refractivity contribution in [3.63, 3.8) is 0 Å². The van der Waals surface area contributed by atoms with Gasteiger partial charge in [-0.3, -0.25) is 4.90 Å². The Bertz CT molecular complexity index is 1320. The molecular formula is C34H50N4O2. The lowest BCUT2D eigenvalue weighted by atomic mass is 9.77. The Hall–Kier alpha value is -2.70. The van der Waals surface area contributed by atoms with Crippen molar-refractivity contribution in [3.05, 3.63) is 42.0 Å². The highest BCUT2D eigenvalue weighted by atomic mass is 16.5. The number of nitrogens with zero attached hydrogens (tertiary/aromatic N) is 2. The lowest BCUT2D eigenvalue weighted by Crippen LogP contribution is -2.63. The van der Waals surface area contributed by atoms with E-state index < -0.39 is 0 Å². The lowest BCUT2D eigenvalue weighted by molar-refractivity contribution is -0.0205. The van der Waals surface area contributed by atoms with Gasteiger partial charge in [-0.15, -0.1) is 0 Å². The molecule has 2 fully saturated rings. The van der Waals surface area contributed by atoms with Crippen LogP contribution < -0.4 is 19.7 Å². The molecule has 6 heteroatoms. The van der Waals surface area contributed by atoms with Crippen LogP contribution in [0.3, 0.4) is 0 Å². The van der Waals surface area contributed by atoms with Crippen molar-refractivity contribution in [1.29, 1.82) is 0 Å². The first-order valence-electron chi connectivity index (χ1n) is 15.1. The maximum absolute atomic E-state index is 5.60. The van der Waals surface area contributed by atoms with E-state index in [4.69, 9.17) is 9.47 Å². The molecule has 0 radical (unpaired) electrons. The van der Waals surface area contributed by atoms with Crippen LogP contribution in [-0.4, -0.2) is 67.4 Å². The van der Waals surface area contributed by atoms with Crippen LogP contribution in [0.1, 0.15) is 78.7 Å². The highest BCUT2D eigenvalue weighted by molar-refractivity contribution is 5.93. The zero-order valence-electron chi connectivity index (χ0n) is 26.1. The number of benzene rings is 2. The number of aromatic amines is 1. The standard InChI is InChI=1S/C34H50N4O2/c1-22(2)31-27-19-26(11-12-28(27)36-32(31)23-10-13-29(39-8)30(18-23)40-9)38-16-14-24(15-17-38)35-25-20-33(3,4)37(7)34(5,6)21-25/h10-13,18-19,22,24-25,35-36H,14-17,20-21H2,1-9H3. The molecule has 1 aromatic heterocycles. The Morgan fingerprint density at radius 2 is 1.52 bits per heavy atom. The van der Waals surface area contributed by atoms with Gasteiger partial charge < -0.3 is 24.7 Å². The minimum Gasteiger partial charge on any atom is -0.493 e. The molecular weight excluding hydrogens is 496 g/mol. The lowest BCUT2D eigenvalue weighted by Gasteiger charge is -2.54. The van der Waals surface area contributed by atoms with Crippen molar-refractivity contribution < 1.29 is 9.47 Å². The molecule has 2 aromatic carbocycles. The fourth-order valence-corrected chi connectivity index (χ4v) is 7.34. The summed E-state index contributed by atoms with van der Waals surface area (Å²) in [6, 6.07) is 14.3. The number of piperidine rings is 2. The van der Waals surface area contributed by atoms with E-state index >= 15 is 0 Å². The smallest absolute Gasteiger partial charge is 0.161 e. The van der Waals surface area contributed by atoms with Crippen LogP contribution in [-0.2, 0) is 0 Å². The number of anilines is 1. The number of rotatable bonds is 7. The van der Waals surface area contributed by atoms with Gasteiger partial charge in [0.25, 0.3) is 0 Å². The summed E-state index contributed by atoms with van der Waals surface area (Å²) < 4.78 is 11.1. The van der Waals surface area contributed by atoms with Gasteiger partial charge in [-0.05, 0) is 108 Å². The van der Waals surface area contributed by atoms with Gasteiger partial charge in [-0.25, -0.2) is 0 Å². The topological polar surface area (TPSA) is 52.8 Å². The largest absolute Gasteiger partial charge is 0.493 e. The number of nitrogens with one attached hydrogen (secondary N) is 2. The summed E-state index contributed by atoms with van der Waals surface area (Å²) in [5.74, 6) is 1.87. The van der Waals surface area contributed by atoms with E-state index in [-0.39, 0.29) is 11.1 Å². The first kappa shape index (κ1) is 28.8. The summed E-state index contributed by atoms with van der Waals surface area (Å²) in [5, 5.41) is 5.39. The molecule has 3 aromatic rings. The Morgan fingerprint density at radius 3 is 2.12 bits per heavy atom. The number of hydrogen-bond acceptors (Lipinski definition) is 5. The molecule has 2 N–H and O–H groups in total. The molecule has 2 aliphatic heterocycles. The maximum Gasteiger partial charge on any atom is 0.161 e. The van der Waals surface area contributed by atoms with Crippen molar-refractivity contribution in [1.82, 2.24) is 15.2 Å². The third-order valence-electron chi connectivity index (χ3n) is 9.71. The number of fused-ring (bicyclic) bond motifs is 1. The van der Waals surface area contributed by atoms with Crippen LogP contribution in [0, 0.1) is 0 Å². The molecule has 2 saturated heterocycles. The van der Waals surface area contributed by atoms with Gasteiger partial charge in [0.05, 0.1) is 19.9 Å². The highest BCUT2D eigenvalue weighted by Gasteiger charge is 2.43. The number of methoxy groups -OCH3 is 2. The molecule has 218 valence electrons. The van der Waals surface area contributed by atoms with E-state index in [1.165, 1.54) is 47.8 Å². The van der Waals surface area contributed by atoms with Crippen LogP contribution >= 0.6 is 0 Å². The SMILES string of the molecule is COc1ccc(-c2[nH]c3ccc(N4CCC(NC5CC(C)(C)N(C)C(C)(C)C5)CC4)cc3c2C(C)C)cc1OC. The molecule has 0 unspecified atom stereocenters. The van der Waals surface area contributed by atoms with Crippen molar-refractivity contribution >= 4 is 16.6 Å². The number of aromatic nitrogens is 1. The molecule has 5 rings (SSSR count). The normalized spacial score (nSPS) is 20.4. The molecule has 0 aliphatic carbocycles. The first-order valence-corrected chi connectivity index (χ1v) is 15.1. The molecule has 0 atom stereocenters. The van der Waals surface area contributed by atoms with Gasteiger partial charge in [-0.2, -0.15) is 0 Å². The quantitative estimate of drug-likeness (QED) is 0.329. The van der Waals surface area contributed by atoms with Gasteiger partial charge in [0, 0.05) is 58.4 Å². The number of ether oxygens (including phenoxy) is 2. The van der Waals surface area contributed by atoms with Crippen molar-refractivity contribution in [2.24, 2.45) is 0 Å². The van der Waals surface area contributed by atoms with E-state index in [1.54, 1.807) is 14.2 Å². The molecule has 40 heavy (non-hydrogen) atoms. The summed E-state index contributed by atoms with van der Waals surface area (Å²) >= 11 is 0. The molecule has 0 bridgehead atoms. The molecule has 0 amide bonds. The molecule has 6 nitrogen and oxygen atoms in total.